The molecule has 0 aliphatic carbocycles. The van der Waals surface area contributed by atoms with E-state index in [4.69, 9.17) is 9.47 Å². The number of esters is 2. The summed E-state index contributed by atoms with van der Waals surface area (Å²) in [7, 11) is -3.22. The van der Waals surface area contributed by atoms with Gasteiger partial charge in [0.15, 0.2) is 0 Å². The molecule has 0 unspecified atom stereocenters. The molecule has 7 nitrogen and oxygen atoms in total. The Bertz CT molecular complexity index is 433. The van der Waals surface area contributed by atoms with Crippen LogP contribution < -0.4 is 10.2 Å². The average Bonchev–Trinajstić information content (AvgIpc) is 2.44. The Morgan fingerprint density at radius 3 is 1.42 bits per heavy atom. The third-order valence-electron chi connectivity index (χ3n) is 3.39. The molecular weight excluding hydrogens is 331 g/mol. The van der Waals surface area contributed by atoms with Gasteiger partial charge in [-0.15, -0.1) is 0 Å². The molecular formula is C16H33N2O5P. The van der Waals surface area contributed by atoms with Gasteiger partial charge in [0, 0.05) is 5.66 Å². The fourth-order valence-corrected chi connectivity index (χ4v) is 4.36. The zero-order valence-corrected chi connectivity index (χ0v) is 17.0. The lowest BCUT2D eigenvalue weighted by Gasteiger charge is -2.30. The molecule has 3 atom stereocenters. The lowest BCUT2D eigenvalue weighted by molar-refractivity contribution is -0.149. The molecule has 0 saturated carbocycles. The molecule has 0 spiro atoms. The van der Waals surface area contributed by atoms with Gasteiger partial charge in [-0.25, -0.2) is 10.2 Å². The summed E-state index contributed by atoms with van der Waals surface area (Å²) in [4.78, 5) is 24.0. The van der Waals surface area contributed by atoms with Gasteiger partial charge in [0.05, 0.1) is 12.2 Å². The van der Waals surface area contributed by atoms with Crippen LogP contribution in [0.5, 0.6) is 0 Å². The van der Waals surface area contributed by atoms with Gasteiger partial charge < -0.3 is 9.47 Å². The highest BCUT2D eigenvalue weighted by atomic mass is 31.2. The summed E-state index contributed by atoms with van der Waals surface area (Å²) in [6.45, 7) is 13.9. The number of rotatable bonds is 10. The molecule has 2 N–H and O–H groups in total. The van der Waals surface area contributed by atoms with Gasteiger partial charge in [0.2, 0.25) is 7.44 Å². The lowest BCUT2D eigenvalue weighted by Crippen LogP contribution is -2.44. The van der Waals surface area contributed by atoms with Crippen LogP contribution in [0.3, 0.4) is 0 Å². The van der Waals surface area contributed by atoms with E-state index >= 15 is 0 Å². The van der Waals surface area contributed by atoms with Gasteiger partial charge >= 0.3 is 11.9 Å². The Balaban J connectivity index is 5.12. The fourth-order valence-electron chi connectivity index (χ4n) is 1.90. The van der Waals surface area contributed by atoms with Crippen LogP contribution in [0.1, 0.15) is 61.8 Å². The molecule has 0 aliphatic heterocycles. The molecule has 0 aliphatic rings. The highest BCUT2D eigenvalue weighted by Crippen LogP contribution is 2.44. The maximum atomic E-state index is 13.3. The third kappa shape index (κ3) is 7.77. The molecule has 0 radical (unpaired) electrons. The van der Waals surface area contributed by atoms with Crippen molar-refractivity contribution < 1.29 is 23.6 Å². The molecule has 0 aromatic heterocycles. The van der Waals surface area contributed by atoms with E-state index in [0.29, 0.717) is 6.42 Å². The maximum absolute atomic E-state index is 13.3. The van der Waals surface area contributed by atoms with Gasteiger partial charge in [0.25, 0.3) is 0 Å². The van der Waals surface area contributed by atoms with Crippen molar-refractivity contribution in [2.24, 2.45) is 0 Å². The molecule has 0 aromatic rings. The van der Waals surface area contributed by atoms with Crippen LogP contribution in [0.4, 0.5) is 0 Å². The summed E-state index contributed by atoms with van der Waals surface area (Å²) in [6, 6.07) is -1.51. The van der Waals surface area contributed by atoms with Gasteiger partial charge in [-0.2, -0.15) is 0 Å². The Labute approximate surface area is 145 Å². The Hall–Kier alpha value is -0.910. The quantitative estimate of drug-likeness (QED) is 0.455. The summed E-state index contributed by atoms with van der Waals surface area (Å²) in [5, 5.41) is 5.70. The molecule has 8 heteroatoms. The van der Waals surface area contributed by atoms with Crippen LogP contribution >= 0.6 is 7.44 Å². The first kappa shape index (κ1) is 23.1. The third-order valence-corrected chi connectivity index (χ3v) is 6.54. The minimum Gasteiger partial charge on any atom is -0.462 e. The van der Waals surface area contributed by atoms with Gasteiger partial charge in [-0.1, -0.05) is 13.8 Å². The minimum absolute atomic E-state index is 0.252. The van der Waals surface area contributed by atoms with Gasteiger partial charge in [0.1, 0.15) is 12.1 Å². The molecule has 0 saturated heterocycles. The summed E-state index contributed by atoms with van der Waals surface area (Å²) >= 11 is 0. The highest BCUT2D eigenvalue weighted by molar-refractivity contribution is 7.60. The summed E-state index contributed by atoms with van der Waals surface area (Å²) in [5.74, 6) is -0.958. The predicted molar refractivity (Wildman–Crippen MR) is 95.0 cm³/mol. The SMILES string of the molecule is CC[C@@H](C)P(=O)(N[C@@H](C)C(=O)OC(C)C)N[C@@H](C)C(=O)OC(C)C. The van der Waals surface area contributed by atoms with E-state index in [9.17, 15) is 14.2 Å². The first-order valence-electron chi connectivity index (χ1n) is 8.49. The van der Waals surface area contributed by atoms with Crippen LogP contribution in [0.25, 0.3) is 0 Å². The zero-order chi connectivity index (χ0) is 19.1. The second-order valence-electron chi connectivity index (χ2n) is 6.59. The van der Waals surface area contributed by atoms with Crippen molar-refractivity contribution in [1.29, 1.82) is 0 Å². The van der Waals surface area contributed by atoms with E-state index in [-0.39, 0.29) is 17.9 Å². The zero-order valence-electron chi connectivity index (χ0n) is 16.1. The van der Waals surface area contributed by atoms with Crippen molar-refractivity contribution in [2.75, 3.05) is 0 Å². The second-order valence-corrected chi connectivity index (χ2v) is 9.30. The van der Waals surface area contributed by atoms with E-state index in [2.05, 4.69) is 10.2 Å². The fraction of sp³-hybridized carbons (Fsp3) is 0.875. The van der Waals surface area contributed by atoms with Crippen LogP contribution in [0.15, 0.2) is 0 Å². The molecule has 0 amide bonds. The number of hydrogen-bond donors (Lipinski definition) is 2. The van der Waals surface area contributed by atoms with Crippen molar-refractivity contribution >= 4 is 19.4 Å². The monoisotopic (exact) mass is 364 g/mol. The molecule has 0 aromatic carbocycles. The summed E-state index contributed by atoms with van der Waals surface area (Å²) in [6.07, 6.45) is 0.116. The lowest BCUT2D eigenvalue weighted by atomic mass is 10.3. The normalized spacial score (nSPS) is 15.9. The highest BCUT2D eigenvalue weighted by Gasteiger charge is 2.35. The molecule has 0 heterocycles. The minimum atomic E-state index is -3.22. The molecule has 0 bridgehead atoms. The smallest absolute Gasteiger partial charge is 0.323 e. The van der Waals surface area contributed by atoms with E-state index in [1.54, 1.807) is 41.5 Å². The summed E-state index contributed by atoms with van der Waals surface area (Å²) in [5.41, 5.74) is -0.263. The number of ether oxygens (including phenoxy) is 2. The summed E-state index contributed by atoms with van der Waals surface area (Å²) < 4.78 is 23.6. The van der Waals surface area contributed by atoms with Crippen LogP contribution in [-0.2, 0) is 23.6 Å². The van der Waals surface area contributed by atoms with Crippen molar-refractivity contribution in [3.8, 4) is 0 Å². The Morgan fingerprint density at radius 1 is 0.833 bits per heavy atom. The Morgan fingerprint density at radius 2 is 1.17 bits per heavy atom. The van der Waals surface area contributed by atoms with Crippen LogP contribution in [0.2, 0.25) is 0 Å². The average molecular weight is 364 g/mol. The van der Waals surface area contributed by atoms with E-state index in [0.717, 1.165) is 0 Å². The first-order chi connectivity index (χ1) is 10.9. The maximum Gasteiger partial charge on any atom is 0.323 e. The van der Waals surface area contributed by atoms with Crippen molar-refractivity contribution in [3.63, 3.8) is 0 Å². The van der Waals surface area contributed by atoms with E-state index in [1.165, 1.54) is 0 Å². The van der Waals surface area contributed by atoms with E-state index in [1.807, 2.05) is 13.8 Å². The van der Waals surface area contributed by atoms with Crippen LogP contribution in [-0.4, -0.2) is 41.9 Å². The standard InChI is InChI=1S/C16H33N2O5P/c1-9-12(6)24(21,17-13(7)15(19)22-10(2)3)18-14(8)16(20)23-11(4)5/h10-14H,9H2,1-8H3,(H2,17,18,21)/t12-,13+,14+/m1/s1. The topological polar surface area (TPSA) is 93.7 Å². The predicted octanol–water partition coefficient (Wildman–Crippen LogP) is 2.84. The van der Waals surface area contributed by atoms with Crippen LogP contribution in [0, 0.1) is 0 Å². The van der Waals surface area contributed by atoms with Gasteiger partial charge in [-0.05, 0) is 48.0 Å². The molecule has 24 heavy (non-hydrogen) atoms. The molecule has 0 rings (SSSR count). The molecule has 0 fully saturated rings. The number of carbonyl (C=O) groups is 2. The van der Waals surface area contributed by atoms with Crippen molar-refractivity contribution in [2.45, 2.75) is 91.8 Å². The molecule has 142 valence electrons. The Kier molecular flexibility index (Phi) is 9.78. The van der Waals surface area contributed by atoms with Crippen molar-refractivity contribution in [3.05, 3.63) is 0 Å². The number of hydrogen-bond acceptors (Lipinski definition) is 5. The van der Waals surface area contributed by atoms with Gasteiger partial charge in [-0.3, -0.25) is 14.2 Å². The van der Waals surface area contributed by atoms with Crippen molar-refractivity contribution in [1.82, 2.24) is 10.2 Å². The second kappa shape index (κ2) is 10.2. The largest absolute Gasteiger partial charge is 0.462 e. The number of nitrogens with one attached hydrogen (secondary N) is 2. The van der Waals surface area contributed by atoms with E-state index < -0.39 is 31.5 Å². The number of carbonyl (C=O) groups excluding carboxylic acids is 2. The first-order valence-corrected chi connectivity index (χ1v) is 10.3.